The highest BCUT2D eigenvalue weighted by Crippen LogP contribution is 2.43. The van der Waals surface area contributed by atoms with E-state index >= 15 is 0 Å². The van der Waals surface area contributed by atoms with E-state index in [1.165, 1.54) is 22.7 Å². The number of pyridine rings is 1. The van der Waals surface area contributed by atoms with Gasteiger partial charge >= 0.3 is 6.18 Å². The summed E-state index contributed by atoms with van der Waals surface area (Å²) in [5.41, 5.74) is 2.72. The number of fused-ring (bicyclic) bond motifs is 1. The number of carbonyl (C=O) groups excluding carboxylic acids is 2. The minimum atomic E-state index is -4.66. The lowest BCUT2D eigenvalue weighted by molar-refractivity contribution is -0.137. The van der Waals surface area contributed by atoms with Crippen LogP contribution in [0.2, 0.25) is 5.02 Å². The maximum Gasteiger partial charge on any atom is 0.417 e. The van der Waals surface area contributed by atoms with Crippen LogP contribution in [0, 0.1) is 5.41 Å². The first-order chi connectivity index (χ1) is 20.6. The van der Waals surface area contributed by atoms with E-state index in [0.717, 1.165) is 56.0 Å². The Bertz CT molecular complexity index is 1510. The molecule has 43 heavy (non-hydrogen) atoms. The summed E-state index contributed by atoms with van der Waals surface area (Å²) in [6.07, 6.45) is 4.49. The van der Waals surface area contributed by atoms with E-state index in [4.69, 9.17) is 11.6 Å². The highest BCUT2D eigenvalue weighted by molar-refractivity contribution is 6.34. The first-order valence-corrected chi connectivity index (χ1v) is 15.1. The first-order valence-electron chi connectivity index (χ1n) is 14.8. The van der Waals surface area contributed by atoms with Crippen molar-refractivity contribution in [1.29, 1.82) is 0 Å². The molecule has 3 aromatic rings. The summed E-state index contributed by atoms with van der Waals surface area (Å²) in [7, 11) is 1.58. The van der Waals surface area contributed by atoms with E-state index < -0.39 is 22.7 Å². The van der Waals surface area contributed by atoms with Gasteiger partial charge in [-0.3, -0.25) is 14.6 Å². The van der Waals surface area contributed by atoms with Crippen LogP contribution in [-0.4, -0.2) is 59.8 Å². The number of hydrogen-bond acceptors (Lipinski definition) is 4. The largest absolute Gasteiger partial charge is 0.417 e. The van der Waals surface area contributed by atoms with Gasteiger partial charge in [-0.1, -0.05) is 23.7 Å². The summed E-state index contributed by atoms with van der Waals surface area (Å²) < 4.78 is 40.2. The molecule has 6 rings (SSSR count). The third-order valence-electron chi connectivity index (χ3n) is 9.72. The van der Waals surface area contributed by atoms with Gasteiger partial charge in [0.25, 0.3) is 11.8 Å². The molecule has 2 fully saturated rings. The van der Waals surface area contributed by atoms with Crippen LogP contribution >= 0.6 is 11.6 Å². The molecule has 1 aliphatic carbocycles. The Labute approximate surface area is 254 Å². The zero-order chi connectivity index (χ0) is 30.4. The summed E-state index contributed by atoms with van der Waals surface area (Å²) in [5, 5.41) is -0.597. The molecule has 2 amide bonds. The van der Waals surface area contributed by atoms with E-state index in [2.05, 4.69) is 22.0 Å². The highest BCUT2D eigenvalue weighted by atomic mass is 35.5. The van der Waals surface area contributed by atoms with E-state index in [-0.39, 0.29) is 22.9 Å². The predicted molar refractivity (Wildman–Crippen MR) is 159 cm³/mol. The lowest BCUT2D eigenvalue weighted by Gasteiger charge is -2.47. The Hall–Kier alpha value is -3.59. The molecule has 0 radical (unpaired) electrons. The monoisotopic (exact) mass is 610 g/mol. The minimum Gasteiger partial charge on any atom is -0.371 e. The Balaban J connectivity index is 1.12. The van der Waals surface area contributed by atoms with Crippen molar-refractivity contribution in [3.63, 3.8) is 0 Å². The Morgan fingerprint density at radius 2 is 1.65 bits per heavy atom. The molecule has 2 aliphatic heterocycles. The maximum atomic E-state index is 13.6. The van der Waals surface area contributed by atoms with Crippen LogP contribution in [0.25, 0.3) is 0 Å². The van der Waals surface area contributed by atoms with Gasteiger partial charge in [0.15, 0.2) is 0 Å². The molecule has 1 atom stereocenters. The van der Waals surface area contributed by atoms with Crippen molar-refractivity contribution in [1.82, 2.24) is 14.8 Å². The Kier molecular flexibility index (Phi) is 7.87. The molecule has 10 heteroatoms. The summed E-state index contributed by atoms with van der Waals surface area (Å²) in [4.78, 5) is 36.9. The number of carbonyl (C=O) groups is 2. The molecule has 0 N–H and O–H groups in total. The van der Waals surface area contributed by atoms with Crippen molar-refractivity contribution < 1.29 is 22.8 Å². The fraction of sp³-hybridized carbons (Fsp3) is 0.424. The molecular formula is C33H34ClF3N4O2. The summed E-state index contributed by atoms with van der Waals surface area (Å²) in [5.74, 6) is -0.602. The number of halogens is 4. The van der Waals surface area contributed by atoms with Crippen LogP contribution in [0.15, 0.2) is 60.9 Å². The Morgan fingerprint density at radius 1 is 0.977 bits per heavy atom. The molecule has 2 aromatic carbocycles. The van der Waals surface area contributed by atoms with Gasteiger partial charge in [-0.15, -0.1) is 0 Å². The molecule has 2 saturated heterocycles. The minimum absolute atomic E-state index is 0.0209. The molecule has 3 heterocycles. The van der Waals surface area contributed by atoms with Gasteiger partial charge in [0.1, 0.15) is 0 Å². The number of aryl methyl sites for hydroxylation is 1. The number of likely N-dealkylation sites (tertiary alicyclic amines) is 1. The summed E-state index contributed by atoms with van der Waals surface area (Å²) in [6, 6.07) is 12.8. The maximum absolute atomic E-state index is 13.6. The number of nitrogens with zero attached hydrogens (tertiary/aromatic N) is 4. The zero-order valence-electron chi connectivity index (χ0n) is 24.0. The molecule has 3 aliphatic rings. The second kappa shape index (κ2) is 11.5. The second-order valence-electron chi connectivity index (χ2n) is 12.0. The summed E-state index contributed by atoms with van der Waals surface area (Å²) in [6.45, 7) is 3.42. The average molecular weight is 611 g/mol. The van der Waals surface area contributed by atoms with Crippen LogP contribution < -0.4 is 4.90 Å². The zero-order valence-corrected chi connectivity index (χ0v) is 24.8. The number of alkyl halides is 3. The number of amides is 2. The normalized spacial score (nSPS) is 19.8. The van der Waals surface area contributed by atoms with Gasteiger partial charge in [0.2, 0.25) is 0 Å². The van der Waals surface area contributed by atoms with Crippen molar-refractivity contribution in [3.8, 4) is 0 Å². The lowest BCUT2D eigenvalue weighted by Crippen LogP contribution is -2.48. The fourth-order valence-corrected chi connectivity index (χ4v) is 7.34. The number of aromatic nitrogens is 1. The third-order valence-corrected chi connectivity index (χ3v) is 10.1. The smallest absolute Gasteiger partial charge is 0.371 e. The van der Waals surface area contributed by atoms with Crippen LogP contribution in [0.5, 0.6) is 0 Å². The lowest BCUT2D eigenvalue weighted by atomic mass is 9.71. The third kappa shape index (κ3) is 5.71. The molecule has 0 bridgehead atoms. The second-order valence-corrected chi connectivity index (χ2v) is 12.4. The Morgan fingerprint density at radius 3 is 2.33 bits per heavy atom. The molecular weight excluding hydrogens is 577 g/mol. The van der Waals surface area contributed by atoms with E-state index in [1.54, 1.807) is 7.05 Å². The molecule has 1 unspecified atom stereocenters. The molecule has 226 valence electrons. The van der Waals surface area contributed by atoms with E-state index in [1.807, 2.05) is 35.5 Å². The first kappa shape index (κ1) is 29.5. The van der Waals surface area contributed by atoms with Crippen LogP contribution in [0.1, 0.15) is 75.6 Å². The average Bonchev–Trinajstić information content (AvgIpc) is 3.44. The molecule has 6 nitrogen and oxygen atoms in total. The van der Waals surface area contributed by atoms with Gasteiger partial charge in [0, 0.05) is 56.9 Å². The van der Waals surface area contributed by atoms with Crippen LogP contribution in [0.3, 0.4) is 0 Å². The number of hydrogen-bond donors (Lipinski definition) is 0. The molecule has 0 saturated carbocycles. The number of anilines is 1. The van der Waals surface area contributed by atoms with Gasteiger partial charge in [0.05, 0.1) is 22.2 Å². The van der Waals surface area contributed by atoms with Crippen LogP contribution in [0.4, 0.5) is 18.9 Å². The molecule has 1 spiro atoms. The molecule has 1 aromatic heterocycles. The quantitative estimate of drug-likeness (QED) is 0.318. The standard InChI is InChI=1S/C33H34ClF3N4O2/c1-39(31(43)25-3-2-4-27(29(25)34)33(35,36)37)28-8-7-22-5-6-23(21-26(22)28)30(42)41-19-13-32(14-20-41)11-17-40(18-12-32)24-9-15-38-16-10-24/h2-6,9-10,15-16,21,28H,7-8,11-14,17-20H2,1H3. The van der Waals surface area contributed by atoms with E-state index in [9.17, 15) is 22.8 Å². The number of piperidine rings is 2. The predicted octanol–water partition coefficient (Wildman–Crippen LogP) is 7.04. The van der Waals surface area contributed by atoms with Crippen molar-refractivity contribution in [3.05, 3.63) is 93.8 Å². The summed E-state index contributed by atoms with van der Waals surface area (Å²) >= 11 is 6.06. The van der Waals surface area contributed by atoms with Crippen molar-refractivity contribution in [2.45, 2.75) is 50.7 Å². The van der Waals surface area contributed by atoms with Crippen molar-refractivity contribution in [2.24, 2.45) is 5.41 Å². The van der Waals surface area contributed by atoms with Crippen molar-refractivity contribution in [2.75, 3.05) is 38.1 Å². The van der Waals surface area contributed by atoms with Gasteiger partial charge < -0.3 is 14.7 Å². The van der Waals surface area contributed by atoms with Gasteiger partial charge in [-0.2, -0.15) is 13.2 Å². The number of benzene rings is 2. The fourth-order valence-electron chi connectivity index (χ4n) is 7.02. The highest BCUT2D eigenvalue weighted by Gasteiger charge is 2.40. The van der Waals surface area contributed by atoms with Gasteiger partial charge in [-0.05, 0) is 91.5 Å². The van der Waals surface area contributed by atoms with Crippen molar-refractivity contribution >= 4 is 29.1 Å². The van der Waals surface area contributed by atoms with Crippen LogP contribution in [-0.2, 0) is 12.6 Å². The number of rotatable bonds is 4. The topological polar surface area (TPSA) is 56.8 Å². The van der Waals surface area contributed by atoms with Gasteiger partial charge in [-0.25, -0.2) is 0 Å². The van der Waals surface area contributed by atoms with E-state index in [0.29, 0.717) is 31.5 Å². The SMILES string of the molecule is CN(C(=O)c1cccc(C(F)(F)F)c1Cl)C1CCc2ccc(C(=O)N3CCC4(CC3)CCN(c3ccncc3)CC4)cc21.